The lowest BCUT2D eigenvalue weighted by molar-refractivity contribution is -0.0347. The van der Waals surface area contributed by atoms with Crippen LogP contribution in [0.15, 0.2) is 66.7 Å². The van der Waals surface area contributed by atoms with Crippen LogP contribution in [0.25, 0.3) is 5.70 Å². The molecule has 2 aliphatic heterocycles. The van der Waals surface area contributed by atoms with Crippen LogP contribution < -0.4 is 19.6 Å². The van der Waals surface area contributed by atoms with Crippen LogP contribution in [0.4, 0.5) is 8.78 Å². The van der Waals surface area contributed by atoms with Crippen molar-refractivity contribution in [2.24, 2.45) is 0 Å². The van der Waals surface area contributed by atoms with Gasteiger partial charge in [0.1, 0.15) is 5.75 Å². The van der Waals surface area contributed by atoms with Crippen LogP contribution in [0.3, 0.4) is 0 Å². The standard InChI is InChI=1S/C25H22F2N2O3/c1-3-31-23-9-5-8-18-22-14-21(15-6-4-7-17(12-15)30-2)28-29(22)25(32-24(18)23)16-10-11-19(26)20(27)13-16/h4-14,22,25,28H,3H2,1-2H3. The molecule has 1 N–H and O–H groups in total. The molecule has 2 aliphatic rings. The number of rotatable bonds is 5. The van der Waals surface area contributed by atoms with Crippen LogP contribution in [0, 0.1) is 11.6 Å². The Bertz CT molecular complexity index is 1200. The Labute approximate surface area is 184 Å². The van der Waals surface area contributed by atoms with E-state index in [-0.39, 0.29) is 6.04 Å². The van der Waals surface area contributed by atoms with Gasteiger partial charge < -0.3 is 19.6 Å². The first kappa shape index (κ1) is 20.3. The van der Waals surface area contributed by atoms with E-state index in [0.29, 0.717) is 23.7 Å². The van der Waals surface area contributed by atoms with Gasteiger partial charge in [-0.15, -0.1) is 0 Å². The molecule has 32 heavy (non-hydrogen) atoms. The number of halogens is 2. The van der Waals surface area contributed by atoms with Crippen molar-refractivity contribution in [3.8, 4) is 17.2 Å². The summed E-state index contributed by atoms with van der Waals surface area (Å²) >= 11 is 0. The molecule has 0 saturated heterocycles. The highest BCUT2D eigenvalue weighted by atomic mass is 19.2. The van der Waals surface area contributed by atoms with Gasteiger partial charge in [0.05, 0.1) is 25.5 Å². The highest BCUT2D eigenvalue weighted by Crippen LogP contribution is 2.49. The Morgan fingerprint density at radius 1 is 1.03 bits per heavy atom. The van der Waals surface area contributed by atoms with E-state index in [0.717, 1.165) is 34.7 Å². The summed E-state index contributed by atoms with van der Waals surface area (Å²) in [6.45, 7) is 2.38. The maximum Gasteiger partial charge on any atom is 0.196 e. The lowest BCUT2D eigenvalue weighted by atomic mass is 10.00. The fourth-order valence-corrected chi connectivity index (χ4v) is 4.10. The van der Waals surface area contributed by atoms with Gasteiger partial charge in [-0.2, -0.15) is 5.01 Å². The summed E-state index contributed by atoms with van der Waals surface area (Å²) in [5.41, 5.74) is 6.59. The van der Waals surface area contributed by atoms with Crippen molar-refractivity contribution in [1.82, 2.24) is 10.4 Å². The maximum absolute atomic E-state index is 14.1. The lowest BCUT2D eigenvalue weighted by Gasteiger charge is -2.39. The maximum atomic E-state index is 14.1. The first-order valence-electron chi connectivity index (χ1n) is 10.4. The average Bonchev–Trinajstić information content (AvgIpc) is 3.27. The molecule has 0 saturated carbocycles. The van der Waals surface area contributed by atoms with Crippen LogP contribution in [-0.4, -0.2) is 18.7 Å². The van der Waals surface area contributed by atoms with E-state index < -0.39 is 17.9 Å². The number of hydrogen-bond acceptors (Lipinski definition) is 5. The minimum atomic E-state index is -0.924. The first-order chi connectivity index (χ1) is 15.6. The number of methoxy groups -OCH3 is 1. The largest absolute Gasteiger partial charge is 0.497 e. The summed E-state index contributed by atoms with van der Waals surface area (Å²) < 4.78 is 45.2. The Morgan fingerprint density at radius 2 is 1.88 bits per heavy atom. The number of fused-ring (bicyclic) bond motifs is 3. The molecular weight excluding hydrogens is 414 g/mol. The normalized spacial score (nSPS) is 19.3. The van der Waals surface area contributed by atoms with Crippen molar-refractivity contribution in [3.05, 3.63) is 95.1 Å². The van der Waals surface area contributed by atoms with Gasteiger partial charge in [0, 0.05) is 16.7 Å². The summed E-state index contributed by atoms with van der Waals surface area (Å²) in [6, 6.07) is 17.0. The third-order valence-corrected chi connectivity index (χ3v) is 5.59. The highest BCUT2D eigenvalue weighted by molar-refractivity contribution is 5.69. The zero-order valence-corrected chi connectivity index (χ0v) is 17.6. The van der Waals surface area contributed by atoms with Gasteiger partial charge in [-0.3, -0.25) is 0 Å². The number of nitrogens with one attached hydrogen (secondary N) is 1. The average molecular weight is 436 g/mol. The zero-order chi connectivity index (χ0) is 22.2. The molecule has 2 atom stereocenters. The van der Waals surface area contributed by atoms with Crippen molar-refractivity contribution in [2.45, 2.75) is 19.2 Å². The third-order valence-electron chi connectivity index (χ3n) is 5.59. The zero-order valence-electron chi connectivity index (χ0n) is 17.6. The SMILES string of the molecule is CCOc1cccc2c1OC(c1ccc(F)c(F)c1)N1NC(c3cccc(OC)c3)=CC21. The van der Waals surface area contributed by atoms with Gasteiger partial charge in [0.15, 0.2) is 29.4 Å². The van der Waals surface area contributed by atoms with E-state index in [1.165, 1.54) is 6.07 Å². The van der Waals surface area contributed by atoms with E-state index in [9.17, 15) is 8.78 Å². The van der Waals surface area contributed by atoms with Gasteiger partial charge >= 0.3 is 0 Å². The van der Waals surface area contributed by atoms with Crippen LogP contribution in [0.2, 0.25) is 0 Å². The van der Waals surface area contributed by atoms with Crippen LogP contribution >= 0.6 is 0 Å². The molecule has 0 spiro atoms. The van der Waals surface area contributed by atoms with Crippen LogP contribution in [0.1, 0.15) is 35.9 Å². The minimum Gasteiger partial charge on any atom is -0.497 e. The molecule has 0 fully saturated rings. The molecule has 164 valence electrons. The van der Waals surface area contributed by atoms with Crippen molar-refractivity contribution in [3.63, 3.8) is 0 Å². The second-order valence-electron chi connectivity index (χ2n) is 7.53. The molecule has 3 aromatic carbocycles. The smallest absolute Gasteiger partial charge is 0.196 e. The molecular formula is C25H22F2N2O3. The van der Waals surface area contributed by atoms with Crippen molar-refractivity contribution in [1.29, 1.82) is 0 Å². The molecule has 5 nitrogen and oxygen atoms in total. The van der Waals surface area contributed by atoms with E-state index in [1.54, 1.807) is 7.11 Å². The van der Waals surface area contributed by atoms with Crippen molar-refractivity contribution < 1.29 is 23.0 Å². The molecule has 2 heterocycles. The fourth-order valence-electron chi connectivity index (χ4n) is 4.10. The Morgan fingerprint density at radius 3 is 2.66 bits per heavy atom. The van der Waals surface area contributed by atoms with E-state index in [4.69, 9.17) is 14.2 Å². The minimum absolute atomic E-state index is 0.210. The van der Waals surface area contributed by atoms with Crippen LogP contribution in [-0.2, 0) is 0 Å². The Balaban J connectivity index is 1.61. The number of ether oxygens (including phenoxy) is 3. The quantitative estimate of drug-likeness (QED) is 0.583. The number of benzene rings is 3. The van der Waals surface area contributed by atoms with Gasteiger partial charge in [-0.25, -0.2) is 8.78 Å². The fraction of sp³-hybridized carbons (Fsp3) is 0.200. The number of nitrogens with zero attached hydrogens (tertiary/aromatic N) is 1. The molecule has 0 aliphatic carbocycles. The second kappa shape index (κ2) is 8.16. The Hall–Kier alpha value is -3.58. The summed E-state index contributed by atoms with van der Waals surface area (Å²) in [5.74, 6) is 0.117. The molecule has 7 heteroatoms. The van der Waals surface area contributed by atoms with E-state index in [1.807, 2.05) is 54.4 Å². The third kappa shape index (κ3) is 3.44. The second-order valence-corrected chi connectivity index (χ2v) is 7.53. The lowest BCUT2D eigenvalue weighted by Crippen LogP contribution is -2.43. The number of hydrogen-bond donors (Lipinski definition) is 1. The van der Waals surface area contributed by atoms with Gasteiger partial charge in [0.2, 0.25) is 0 Å². The first-order valence-corrected chi connectivity index (χ1v) is 10.4. The molecule has 0 aromatic heterocycles. The van der Waals surface area contributed by atoms with Crippen LogP contribution in [0.5, 0.6) is 17.2 Å². The molecule has 2 unspecified atom stereocenters. The summed E-state index contributed by atoms with van der Waals surface area (Å²) in [4.78, 5) is 0. The predicted molar refractivity (Wildman–Crippen MR) is 116 cm³/mol. The number of para-hydroxylation sites is 1. The van der Waals surface area contributed by atoms with E-state index >= 15 is 0 Å². The monoisotopic (exact) mass is 436 g/mol. The molecule has 0 radical (unpaired) electrons. The van der Waals surface area contributed by atoms with Crippen molar-refractivity contribution in [2.75, 3.05) is 13.7 Å². The van der Waals surface area contributed by atoms with Crippen molar-refractivity contribution >= 4 is 5.70 Å². The predicted octanol–water partition coefficient (Wildman–Crippen LogP) is 5.37. The molecule has 3 aromatic rings. The molecule has 5 rings (SSSR count). The van der Waals surface area contributed by atoms with Gasteiger partial charge in [-0.05, 0) is 43.3 Å². The topological polar surface area (TPSA) is 43.0 Å². The van der Waals surface area contributed by atoms with E-state index in [2.05, 4.69) is 11.5 Å². The number of hydrazine groups is 1. The summed E-state index contributed by atoms with van der Waals surface area (Å²) in [7, 11) is 1.62. The Kier molecular flexibility index (Phi) is 5.19. The molecule has 0 amide bonds. The van der Waals surface area contributed by atoms with Gasteiger partial charge in [0.25, 0.3) is 0 Å². The van der Waals surface area contributed by atoms with Gasteiger partial charge in [-0.1, -0.05) is 30.3 Å². The molecule has 0 bridgehead atoms. The summed E-state index contributed by atoms with van der Waals surface area (Å²) in [6.07, 6.45) is 1.38. The highest BCUT2D eigenvalue weighted by Gasteiger charge is 2.41. The summed E-state index contributed by atoms with van der Waals surface area (Å²) in [5, 5.41) is 1.89.